The van der Waals surface area contributed by atoms with Gasteiger partial charge in [0.25, 0.3) is 0 Å². The maximum atomic E-state index is 12.0. The number of nitrogens with one attached hydrogen (secondary N) is 2. The first kappa shape index (κ1) is 18.0. The lowest BCUT2D eigenvalue weighted by Gasteiger charge is -2.39. The van der Waals surface area contributed by atoms with Crippen LogP contribution in [0.3, 0.4) is 0 Å². The van der Waals surface area contributed by atoms with Crippen molar-refractivity contribution in [2.45, 2.75) is 39.3 Å². The average Bonchev–Trinajstić information content (AvgIpc) is 2.71. The lowest BCUT2D eigenvalue weighted by molar-refractivity contribution is 0.0438. The molecule has 1 fully saturated rings. The zero-order valence-corrected chi connectivity index (χ0v) is 14.7. The molecule has 0 aliphatic carbocycles. The molecule has 2 heterocycles. The highest BCUT2D eigenvalue weighted by molar-refractivity contribution is 7.17. The van der Waals surface area contributed by atoms with E-state index in [1.807, 2.05) is 0 Å². The van der Waals surface area contributed by atoms with E-state index in [9.17, 15) is 14.4 Å². The molecule has 1 aromatic rings. The molecule has 0 spiro atoms. The molecule has 0 saturated carbocycles. The third kappa shape index (κ3) is 4.57. The van der Waals surface area contributed by atoms with E-state index in [0.29, 0.717) is 18.8 Å². The van der Waals surface area contributed by atoms with Gasteiger partial charge in [0.2, 0.25) is 0 Å². The molecule has 132 valence electrons. The molecular formula is C14H20N4O5S. The first-order chi connectivity index (χ1) is 11.0. The fourth-order valence-corrected chi connectivity index (χ4v) is 2.82. The van der Waals surface area contributed by atoms with Crippen molar-refractivity contribution in [3.8, 4) is 0 Å². The van der Waals surface area contributed by atoms with Crippen molar-refractivity contribution < 1.29 is 24.2 Å². The zero-order chi connectivity index (χ0) is 18.1. The Morgan fingerprint density at radius 2 is 1.96 bits per heavy atom. The van der Waals surface area contributed by atoms with Crippen molar-refractivity contribution in [2.24, 2.45) is 0 Å². The number of carboxylic acids is 1. The number of anilines is 1. The first-order valence-electron chi connectivity index (χ1n) is 7.31. The summed E-state index contributed by atoms with van der Waals surface area (Å²) in [6.45, 7) is 7.58. The topological polar surface area (TPSA) is 121 Å². The van der Waals surface area contributed by atoms with Crippen LogP contribution < -0.4 is 10.6 Å². The fraction of sp³-hybridized carbons (Fsp3) is 0.571. The van der Waals surface area contributed by atoms with Crippen LogP contribution in [0.1, 0.15) is 36.1 Å². The van der Waals surface area contributed by atoms with E-state index in [4.69, 9.17) is 9.84 Å². The summed E-state index contributed by atoms with van der Waals surface area (Å²) in [5, 5.41) is 14.4. The molecule has 0 atom stereocenters. The zero-order valence-electron chi connectivity index (χ0n) is 13.9. The molecule has 1 aliphatic rings. The summed E-state index contributed by atoms with van der Waals surface area (Å²) in [4.78, 5) is 40.2. The summed E-state index contributed by atoms with van der Waals surface area (Å²) in [7, 11) is 0. The molecule has 2 rings (SSSR count). The van der Waals surface area contributed by atoms with Gasteiger partial charge >= 0.3 is 18.1 Å². The van der Waals surface area contributed by atoms with Crippen LogP contribution in [0.25, 0.3) is 0 Å². The highest BCUT2D eigenvalue weighted by Crippen LogP contribution is 2.23. The quantitative estimate of drug-likeness (QED) is 0.760. The lowest BCUT2D eigenvalue weighted by Crippen LogP contribution is -2.62. The van der Waals surface area contributed by atoms with Gasteiger partial charge < -0.3 is 20.1 Å². The van der Waals surface area contributed by atoms with Gasteiger partial charge in [0.05, 0.1) is 11.7 Å². The minimum atomic E-state index is -1.07. The van der Waals surface area contributed by atoms with Crippen molar-refractivity contribution in [1.82, 2.24) is 15.2 Å². The number of amides is 3. The molecule has 3 N–H and O–H groups in total. The Kier molecular flexibility index (Phi) is 4.97. The Labute approximate surface area is 143 Å². The van der Waals surface area contributed by atoms with E-state index in [1.54, 1.807) is 27.7 Å². The molecule has 1 saturated heterocycles. The summed E-state index contributed by atoms with van der Waals surface area (Å²) in [6.07, 6.45) is -0.519. The van der Waals surface area contributed by atoms with Crippen molar-refractivity contribution in [3.63, 3.8) is 0 Å². The van der Waals surface area contributed by atoms with Crippen LogP contribution in [0.2, 0.25) is 0 Å². The first-order valence-corrected chi connectivity index (χ1v) is 8.13. The van der Waals surface area contributed by atoms with Gasteiger partial charge in [-0.15, -0.1) is 0 Å². The molecule has 9 nitrogen and oxygen atoms in total. The van der Waals surface area contributed by atoms with E-state index < -0.39 is 17.7 Å². The number of thiazole rings is 1. The molecule has 0 radical (unpaired) electrons. The molecule has 0 unspecified atom stereocenters. The number of alkyl carbamates (subject to hydrolysis) is 1. The fourth-order valence-electron chi connectivity index (χ4n) is 2.03. The van der Waals surface area contributed by atoms with Crippen molar-refractivity contribution in [3.05, 3.63) is 10.6 Å². The Balaban J connectivity index is 1.79. The number of carbonyl (C=O) groups excluding carboxylic acids is 2. The third-order valence-corrected chi connectivity index (χ3v) is 4.16. The highest BCUT2D eigenvalue weighted by atomic mass is 32.1. The average molecular weight is 356 g/mol. The van der Waals surface area contributed by atoms with E-state index in [2.05, 4.69) is 15.6 Å². The van der Waals surface area contributed by atoms with Crippen LogP contribution in [0.5, 0.6) is 0 Å². The summed E-state index contributed by atoms with van der Waals surface area (Å²) >= 11 is 0.907. The summed E-state index contributed by atoms with van der Waals surface area (Å²) in [5.41, 5.74) is -0.217. The van der Waals surface area contributed by atoms with Gasteiger partial charge in [-0.2, -0.15) is 0 Å². The van der Waals surface area contributed by atoms with E-state index in [1.165, 1.54) is 4.90 Å². The van der Waals surface area contributed by atoms with Crippen LogP contribution in [0.4, 0.5) is 14.7 Å². The number of ether oxygens (including phenoxy) is 1. The van der Waals surface area contributed by atoms with Crippen LogP contribution in [0, 0.1) is 6.92 Å². The van der Waals surface area contributed by atoms with E-state index in [-0.39, 0.29) is 22.1 Å². The number of rotatable bonds is 3. The minimum Gasteiger partial charge on any atom is -0.477 e. The molecule has 1 aromatic heterocycles. The van der Waals surface area contributed by atoms with Crippen LogP contribution in [0.15, 0.2) is 0 Å². The largest absolute Gasteiger partial charge is 0.477 e. The monoisotopic (exact) mass is 356 g/mol. The van der Waals surface area contributed by atoms with Crippen LogP contribution in [-0.2, 0) is 4.74 Å². The molecular weight excluding hydrogens is 336 g/mol. The van der Waals surface area contributed by atoms with Gasteiger partial charge in [-0.05, 0) is 27.7 Å². The van der Waals surface area contributed by atoms with Crippen molar-refractivity contribution in [1.29, 1.82) is 0 Å². The minimum absolute atomic E-state index is 0.0957. The molecule has 0 aromatic carbocycles. The van der Waals surface area contributed by atoms with E-state index >= 15 is 0 Å². The number of nitrogens with zero attached hydrogens (tertiary/aromatic N) is 2. The van der Waals surface area contributed by atoms with E-state index in [0.717, 1.165) is 11.3 Å². The number of aromatic carboxylic acids is 1. The highest BCUT2D eigenvalue weighted by Gasteiger charge is 2.33. The molecule has 0 bridgehead atoms. The smallest absolute Gasteiger partial charge is 0.407 e. The Hall–Kier alpha value is -2.36. The van der Waals surface area contributed by atoms with Gasteiger partial charge in [0.15, 0.2) is 5.13 Å². The number of aromatic nitrogens is 1. The maximum absolute atomic E-state index is 12.0. The number of urea groups is 1. The van der Waals surface area contributed by atoms with Crippen molar-refractivity contribution in [2.75, 3.05) is 18.4 Å². The molecule has 10 heteroatoms. The normalized spacial score (nSPS) is 14.8. The third-order valence-electron chi connectivity index (χ3n) is 3.09. The second-order valence-corrected chi connectivity index (χ2v) is 7.42. The number of hydrogen-bond donors (Lipinski definition) is 3. The Morgan fingerprint density at radius 3 is 2.46 bits per heavy atom. The maximum Gasteiger partial charge on any atom is 0.407 e. The second-order valence-electron chi connectivity index (χ2n) is 6.42. The van der Waals surface area contributed by atoms with Gasteiger partial charge in [-0.3, -0.25) is 5.32 Å². The van der Waals surface area contributed by atoms with Gasteiger partial charge in [-0.25, -0.2) is 19.4 Å². The number of aryl methyl sites for hydroxylation is 1. The number of likely N-dealkylation sites (tertiary alicyclic amines) is 1. The molecule has 1 aliphatic heterocycles. The Bertz CT molecular complexity index is 661. The standard InChI is InChI=1S/C14H20N4O5S/c1-7-9(10(19)20)24-11(15-7)17-12(21)18-5-8(6-18)16-13(22)23-14(2,3)4/h8H,5-6H2,1-4H3,(H,16,22)(H,19,20)(H,15,17,21). The van der Waals surface area contributed by atoms with Crippen LogP contribution >= 0.6 is 11.3 Å². The second kappa shape index (κ2) is 6.63. The number of hydrogen-bond acceptors (Lipinski definition) is 6. The summed E-state index contributed by atoms with van der Waals surface area (Å²) < 4.78 is 5.14. The lowest BCUT2D eigenvalue weighted by atomic mass is 10.1. The predicted molar refractivity (Wildman–Crippen MR) is 87.6 cm³/mol. The number of carbonyl (C=O) groups is 3. The SMILES string of the molecule is Cc1nc(NC(=O)N2CC(NC(=O)OC(C)(C)C)C2)sc1C(=O)O. The Morgan fingerprint density at radius 1 is 1.33 bits per heavy atom. The van der Waals surface area contributed by atoms with Gasteiger partial charge in [0.1, 0.15) is 10.5 Å². The molecule has 3 amide bonds. The number of carboxylic acid groups (broad SMARTS) is 1. The van der Waals surface area contributed by atoms with Crippen molar-refractivity contribution >= 4 is 34.6 Å². The van der Waals surface area contributed by atoms with Gasteiger partial charge in [0, 0.05) is 13.1 Å². The summed E-state index contributed by atoms with van der Waals surface area (Å²) in [6, 6.07) is -0.555. The predicted octanol–water partition coefficient (Wildman–Crippen LogP) is 1.89. The summed E-state index contributed by atoms with van der Waals surface area (Å²) in [5.74, 6) is -1.07. The van der Waals surface area contributed by atoms with Gasteiger partial charge in [-0.1, -0.05) is 11.3 Å². The molecule has 24 heavy (non-hydrogen) atoms. The van der Waals surface area contributed by atoms with Crippen LogP contribution in [-0.4, -0.2) is 57.8 Å².